The largest absolute Gasteiger partial charge is 0.352 e. The lowest BCUT2D eigenvalue weighted by atomic mass is 10.0. The highest BCUT2D eigenvalue weighted by Gasteiger charge is 2.18. The van der Waals surface area contributed by atoms with E-state index in [2.05, 4.69) is 18.8 Å². The summed E-state index contributed by atoms with van der Waals surface area (Å²) in [5, 5.41) is 1.12. The van der Waals surface area contributed by atoms with Crippen molar-refractivity contribution in [3.63, 3.8) is 0 Å². The summed E-state index contributed by atoms with van der Waals surface area (Å²) in [6, 6.07) is 12.3. The highest BCUT2D eigenvalue weighted by atomic mass is 19.2. The van der Waals surface area contributed by atoms with E-state index in [0.717, 1.165) is 17.7 Å². The SMILES string of the molecule is CC1COC(CCc2ccc(C#Cc3ccc4cc(F)c(F)cc4c3)c(F)c2)OC1. The van der Waals surface area contributed by atoms with Crippen LogP contribution in [0.1, 0.15) is 30.0 Å². The molecule has 0 unspecified atom stereocenters. The minimum absolute atomic E-state index is 0.241. The summed E-state index contributed by atoms with van der Waals surface area (Å²) >= 11 is 0. The molecule has 0 radical (unpaired) electrons. The van der Waals surface area contributed by atoms with Crippen molar-refractivity contribution in [3.8, 4) is 11.8 Å². The number of aryl methyl sites for hydroxylation is 1. The van der Waals surface area contributed by atoms with E-state index in [1.807, 2.05) is 6.07 Å². The molecule has 1 heterocycles. The smallest absolute Gasteiger partial charge is 0.159 e. The molecule has 0 amide bonds. The van der Waals surface area contributed by atoms with Crippen LogP contribution in [-0.2, 0) is 15.9 Å². The molecule has 4 rings (SSSR count). The number of fused-ring (bicyclic) bond motifs is 1. The molecule has 0 spiro atoms. The van der Waals surface area contributed by atoms with Crippen LogP contribution < -0.4 is 0 Å². The molecule has 0 saturated carbocycles. The van der Waals surface area contributed by atoms with E-state index in [1.54, 1.807) is 24.3 Å². The van der Waals surface area contributed by atoms with Crippen LogP contribution in [0.25, 0.3) is 10.8 Å². The Bertz CT molecular complexity index is 1120. The first-order valence-corrected chi connectivity index (χ1v) is 9.90. The molecule has 0 aromatic heterocycles. The fourth-order valence-electron chi connectivity index (χ4n) is 3.37. The van der Waals surface area contributed by atoms with Crippen molar-refractivity contribution in [2.45, 2.75) is 26.1 Å². The average Bonchev–Trinajstić information content (AvgIpc) is 2.73. The van der Waals surface area contributed by atoms with Gasteiger partial charge in [-0.3, -0.25) is 0 Å². The molecule has 5 heteroatoms. The maximum absolute atomic E-state index is 14.5. The van der Waals surface area contributed by atoms with Gasteiger partial charge in [0, 0.05) is 17.9 Å². The van der Waals surface area contributed by atoms with Crippen LogP contribution in [-0.4, -0.2) is 19.5 Å². The molecule has 1 fully saturated rings. The van der Waals surface area contributed by atoms with Crippen molar-refractivity contribution < 1.29 is 22.6 Å². The second-order valence-electron chi connectivity index (χ2n) is 7.63. The van der Waals surface area contributed by atoms with E-state index in [-0.39, 0.29) is 11.9 Å². The molecule has 0 N–H and O–H groups in total. The summed E-state index contributed by atoms with van der Waals surface area (Å²) in [5.74, 6) is 3.91. The molecule has 30 heavy (non-hydrogen) atoms. The molecule has 1 saturated heterocycles. The summed E-state index contributed by atoms with van der Waals surface area (Å²) < 4.78 is 52.5. The van der Waals surface area contributed by atoms with Crippen molar-refractivity contribution in [2.24, 2.45) is 5.92 Å². The van der Waals surface area contributed by atoms with Crippen LogP contribution in [0, 0.1) is 35.2 Å². The number of rotatable bonds is 3. The fraction of sp³-hybridized carbons (Fsp3) is 0.280. The molecule has 0 aliphatic carbocycles. The van der Waals surface area contributed by atoms with Gasteiger partial charge in [-0.2, -0.15) is 0 Å². The maximum Gasteiger partial charge on any atom is 0.159 e. The Labute approximate surface area is 173 Å². The van der Waals surface area contributed by atoms with E-state index in [9.17, 15) is 13.2 Å². The zero-order valence-corrected chi connectivity index (χ0v) is 16.6. The molecule has 0 bridgehead atoms. The van der Waals surface area contributed by atoms with Gasteiger partial charge in [-0.25, -0.2) is 13.2 Å². The number of hydrogen-bond acceptors (Lipinski definition) is 2. The molecule has 0 atom stereocenters. The third-order valence-corrected chi connectivity index (χ3v) is 5.06. The Morgan fingerprint density at radius 2 is 1.57 bits per heavy atom. The Hall–Kier alpha value is -2.81. The van der Waals surface area contributed by atoms with Gasteiger partial charge in [0.25, 0.3) is 0 Å². The summed E-state index contributed by atoms with van der Waals surface area (Å²) in [5.41, 5.74) is 1.73. The predicted molar refractivity (Wildman–Crippen MR) is 109 cm³/mol. The van der Waals surface area contributed by atoms with Crippen LogP contribution in [0.5, 0.6) is 0 Å². The van der Waals surface area contributed by atoms with Gasteiger partial charge >= 0.3 is 0 Å². The van der Waals surface area contributed by atoms with E-state index in [4.69, 9.17) is 9.47 Å². The van der Waals surface area contributed by atoms with E-state index in [0.29, 0.717) is 48.3 Å². The van der Waals surface area contributed by atoms with Crippen molar-refractivity contribution in [1.29, 1.82) is 0 Å². The zero-order chi connectivity index (χ0) is 21.1. The third kappa shape index (κ3) is 4.84. The minimum atomic E-state index is -0.909. The van der Waals surface area contributed by atoms with Gasteiger partial charge in [0.2, 0.25) is 0 Å². The van der Waals surface area contributed by atoms with Crippen molar-refractivity contribution in [3.05, 3.63) is 82.7 Å². The van der Waals surface area contributed by atoms with Crippen molar-refractivity contribution in [2.75, 3.05) is 13.2 Å². The van der Waals surface area contributed by atoms with Gasteiger partial charge in [-0.15, -0.1) is 0 Å². The van der Waals surface area contributed by atoms with Crippen LogP contribution in [0.3, 0.4) is 0 Å². The molecule has 1 aliphatic heterocycles. The second kappa shape index (κ2) is 8.91. The van der Waals surface area contributed by atoms with Gasteiger partial charge in [0.15, 0.2) is 17.9 Å². The molecular formula is C25H21F3O2. The first-order valence-electron chi connectivity index (χ1n) is 9.90. The number of hydrogen-bond donors (Lipinski definition) is 0. The summed E-state index contributed by atoms with van der Waals surface area (Å²) in [6.45, 7) is 3.44. The van der Waals surface area contributed by atoms with Crippen molar-refractivity contribution in [1.82, 2.24) is 0 Å². The van der Waals surface area contributed by atoms with Gasteiger partial charge in [0.1, 0.15) is 5.82 Å². The average molecular weight is 410 g/mol. The summed E-state index contributed by atoms with van der Waals surface area (Å²) in [6.07, 6.45) is 1.08. The Morgan fingerprint density at radius 1 is 0.833 bits per heavy atom. The highest BCUT2D eigenvalue weighted by Crippen LogP contribution is 2.20. The van der Waals surface area contributed by atoms with Gasteiger partial charge in [0.05, 0.1) is 18.8 Å². The van der Waals surface area contributed by atoms with Gasteiger partial charge in [-0.1, -0.05) is 30.9 Å². The second-order valence-corrected chi connectivity index (χ2v) is 7.63. The van der Waals surface area contributed by atoms with E-state index in [1.165, 1.54) is 6.07 Å². The topological polar surface area (TPSA) is 18.5 Å². The van der Waals surface area contributed by atoms with Crippen LogP contribution in [0.15, 0.2) is 48.5 Å². The lowest BCUT2D eigenvalue weighted by molar-refractivity contribution is -0.199. The zero-order valence-electron chi connectivity index (χ0n) is 16.6. The molecule has 154 valence electrons. The number of halogens is 3. The molecule has 1 aliphatic rings. The lowest BCUT2D eigenvalue weighted by Crippen LogP contribution is -2.30. The number of benzene rings is 3. The van der Waals surface area contributed by atoms with Crippen molar-refractivity contribution >= 4 is 10.8 Å². The lowest BCUT2D eigenvalue weighted by Gasteiger charge is -2.27. The fourth-order valence-corrected chi connectivity index (χ4v) is 3.37. The standard InChI is InChI=1S/C25H21F3O2/c1-16-14-29-25(30-15-16)9-5-18-3-7-19(22(26)11-18)6-2-17-4-8-20-12-23(27)24(28)13-21(20)10-17/h3-4,7-8,10-13,16,25H,5,9,14-15H2,1H3. The summed E-state index contributed by atoms with van der Waals surface area (Å²) in [4.78, 5) is 0. The monoisotopic (exact) mass is 410 g/mol. The Morgan fingerprint density at radius 3 is 2.30 bits per heavy atom. The van der Waals surface area contributed by atoms with Gasteiger partial charge in [-0.05, 0) is 59.2 Å². The molecule has 2 nitrogen and oxygen atoms in total. The Kier molecular flexibility index (Phi) is 6.08. The third-order valence-electron chi connectivity index (χ3n) is 5.06. The Balaban J connectivity index is 1.45. The van der Waals surface area contributed by atoms with Crippen LogP contribution in [0.2, 0.25) is 0 Å². The molecular weight excluding hydrogens is 389 g/mol. The van der Waals surface area contributed by atoms with Crippen LogP contribution >= 0.6 is 0 Å². The summed E-state index contributed by atoms with van der Waals surface area (Å²) in [7, 11) is 0. The van der Waals surface area contributed by atoms with E-state index >= 15 is 0 Å². The number of ether oxygens (including phenoxy) is 2. The van der Waals surface area contributed by atoms with Gasteiger partial charge < -0.3 is 9.47 Å². The highest BCUT2D eigenvalue weighted by molar-refractivity contribution is 5.84. The molecule has 3 aromatic carbocycles. The normalized spacial score (nSPS) is 18.8. The first kappa shape index (κ1) is 20.5. The van der Waals surface area contributed by atoms with E-state index < -0.39 is 17.5 Å². The van der Waals surface area contributed by atoms with Crippen LogP contribution in [0.4, 0.5) is 13.2 Å². The first-order chi connectivity index (χ1) is 14.5. The minimum Gasteiger partial charge on any atom is -0.352 e. The quantitative estimate of drug-likeness (QED) is 0.524. The maximum atomic E-state index is 14.5. The molecule has 3 aromatic rings. The predicted octanol–water partition coefficient (Wildman–Crippen LogP) is 5.60.